The first kappa shape index (κ1) is 43.4. The van der Waals surface area contributed by atoms with Crippen LogP contribution in [0.15, 0.2) is 48.8 Å². The van der Waals surface area contributed by atoms with E-state index in [2.05, 4.69) is 49.5 Å². The Labute approximate surface area is 339 Å². The molecule has 1 unspecified atom stereocenters. The molecule has 0 bridgehead atoms. The van der Waals surface area contributed by atoms with E-state index in [9.17, 15) is 9.59 Å². The van der Waals surface area contributed by atoms with Crippen molar-refractivity contribution in [1.29, 1.82) is 0 Å². The molecule has 12 nitrogen and oxygen atoms in total. The maximum atomic E-state index is 16.4. The van der Waals surface area contributed by atoms with Crippen molar-refractivity contribution in [3.63, 3.8) is 0 Å². The first-order valence-electron chi connectivity index (χ1n) is 19.1. The van der Waals surface area contributed by atoms with E-state index in [4.69, 9.17) is 14.0 Å². The number of H-pyrrole nitrogens is 1. The summed E-state index contributed by atoms with van der Waals surface area (Å²) in [4.78, 5) is 38.0. The summed E-state index contributed by atoms with van der Waals surface area (Å²) in [6.45, 7) is 17.4. The van der Waals surface area contributed by atoms with Gasteiger partial charge in [-0.1, -0.05) is 47.3 Å². The third-order valence-corrected chi connectivity index (χ3v) is 11.6. The van der Waals surface area contributed by atoms with Gasteiger partial charge in [0.05, 0.1) is 63.4 Å². The van der Waals surface area contributed by atoms with Gasteiger partial charge in [-0.3, -0.25) is 9.36 Å². The van der Waals surface area contributed by atoms with Crippen LogP contribution in [-0.4, -0.2) is 75.4 Å². The minimum absolute atomic E-state index is 0. The minimum Gasteiger partial charge on any atom is -0.464 e. The van der Waals surface area contributed by atoms with E-state index in [1.807, 2.05) is 76.9 Å². The van der Waals surface area contributed by atoms with Crippen LogP contribution in [0, 0.1) is 11.7 Å². The molecule has 0 saturated carbocycles. The van der Waals surface area contributed by atoms with Gasteiger partial charge in [0, 0.05) is 37.2 Å². The minimum atomic E-state index is -0.544. The molecule has 306 valence electrons. The number of alkyl carbamates (subject to hydrolysis) is 1. The molecule has 2 aliphatic rings. The zero-order valence-electron chi connectivity index (χ0n) is 33.9. The maximum absolute atomic E-state index is 16.4. The molecule has 0 spiro atoms. The Morgan fingerprint density at radius 2 is 1.81 bits per heavy atom. The number of nitrogens with zero attached hydrogens (tertiary/aromatic N) is 4. The van der Waals surface area contributed by atoms with Crippen molar-refractivity contribution in [2.75, 3.05) is 20.7 Å². The molecular formula is C42H56BFN6O6S. The van der Waals surface area contributed by atoms with Gasteiger partial charge in [-0.05, 0) is 76.2 Å². The van der Waals surface area contributed by atoms with Gasteiger partial charge in [0.15, 0.2) is 0 Å². The standard InChI is InChI=1S/C38H45BFN5O4S.C3H7NO2.CH4/c1-9-13-44(34(46)14-22(3)4)21-32-41-19-27(43-32)23-16-26(40)35-29-17-24-15-25(39-48-37(5,6)38(7,8)49-39)11-12-28(24)45(29)36(47-30(35)18-23)31-20-42-33(10-2)50-31;1-4-3(5)6-2;/h11-12,15-20,22,36H,9-10,13-14,21H2,1-8H3,(H,41,43);1-2H3,(H,4,5);1H4. The molecule has 7 rings (SSSR count). The predicted molar refractivity (Wildman–Crippen MR) is 224 cm³/mol. The first-order chi connectivity index (χ1) is 26.6. The average Bonchev–Trinajstić information content (AvgIpc) is 3.95. The Morgan fingerprint density at radius 3 is 2.40 bits per heavy atom. The summed E-state index contributed by atoms with van der Waals surface area (Å²) in [5.74, 6) is 1.06. The number of carbonyl (C=O) groups is 2. The highest BCUT2D eigenvalue weighted by atomic mass is 32.1. The van der Waals surface area contributed by atoms with Gasteiger partial charge in [-0.2, -0.15) is 0 Å². The van der Waals surface area contributed by atoms with Gasteiger partial charge in [0.1, 0.15) is 17.4 Å². The van der Waals surface area contributed by atoms with E-state index in [0.29, 0.717) is 47.9 Å². The molecule has 0 radical (unpaired) electrons. The summed E-state index contributed by atoms with van der Waals surface area (Å²) >= 11 is 1.60. The summed E-state index contributed by atoms with van der Waals surface area (Å²) in [5, 5.41) is 4.19. The van der Waals surface area contributed by atoms with Gasteiger partial charge in [0.25, 0.3) is 0 Å². The number of thiazole rings is 1. The van der Waals surface area contributed by atoms with Crippen molar-refractivity contribution in [2.45, 2.75) is 106 Å². The van der Waals surface area contributed by atoms with Crippen LogP contribution in [0.5, 0.6) is 5.75 Å². The molecule has 2 amide bonds. The van der Waals surface area contributed by atoms with Gasteiger partial charge in [-0.25, -0.2) is 19.2 Å². The average molecular weight is 803 g/mol. The van der Waals surface area contributed by atoms with Gasteiger partial charge < -0.3 is 34.0 Å². The smallest absolute Gasteiger partial charge is 0.464 e. The van der Waals surface area contributed by atoms with Crippen LogP contribution < -0.4 is 15.5 Å². The number of halogens is 1. The van der Waals surface area contributed by atoms with Crippen LogP contribution in [0.25, 0.3) is 33.4 Å². The summed E-state index contributed by atoms with van der Waals surface area (Å²) in [6, 6.07) is 11.5. The normalized spacial score (nSPS) is 16.2. The molecule has 15 heteroatoms. The summed E-state index contributed by atoms with van der Waals surface area (Å²) < 4.78 is 42.1. The third kappa shape index (κ3) is 8.90. The molecule has 0 aliphatic carbocycles. The van der Waals surface area contributed by atoms with E-state index < -0.39 is 36.5 Å². The summed E-state index contributed by atoms with van der Waals surface area (Å²) in [5.41, 5.74) is 3.25. The van der Waals surface area contributed by atoms with Crippen LogP contribution in [0.1, 0.15) is 97.6 Å². The lowest BCUT2D eigenvalue weighted by atomic mass is 9.78. The molecule has 5 aromatic rings. The lowest BCUT2D eigenvalue weighted by Crippen LogP contribution is -2.41. The monoisotopic (exact) mass is 802 g/mol. The topological polar surface area (TPSA) is 133 Å². The Balaban J connectivity index is 0.000000823. The molecule has 1 fully saturated rings. The van der Waals surface area contributed by atoms with Crippen LogP contribution in [0.2, 0.25) is 0 Å². The third-order valence-electron chi connectivity index (χ3n) is 10.4. The fraction of sp³-hybridized carbons (Fsp3) is 0.476. The van der Waals surface area contributed by atoms with E-state index in [-0.39, 0.29) is 19.3 Å². The molecule has 3 aromatic heterocycles. The molecule has 5 heterocycles. The second-order valence-electron chi connectivity index (χ2n) is 15.5. The number of aryl methyl sites for hydroxylation is 1. The number of carbonyl (C=O) groups excluding carboxylic acids is 2. The van der Waals surface area contributed by atoms with Crippen molar-refractivity contribution in [3.05, 3.63) is 70.3 Å². The number of nitrogens with one attached hydrogen (secondary N) is 2. The van der Waals surface area contributed by atoms with Crippen LogP contribution in [-0.2, 0) is 31.8 Å². The Bertz CT molecular complexity index is 2190. The lowest BCUT2D eigenvalue weighted by molar-refractivity contribution is -0.132. The van der Waals surface area contributed by atoms with Crippen LogP contribution >= 0.6 is 11.3 Å². The number of hydrogen-bond donors (Lipinski definition) is 2. The predicted octanol–water partition coefficient (Wildman–Crippen LogP) is 8.49. The SMILES string of the molecule is C.CCCN(Cc1ncc(-c2cc(F)c3c(c2)OC(c2cnc(CC)s2)n2c-3cc3cc(B4OC(C)(C)C(C)(C)O4)ccc32)[nH]1)C(=O)CC(C)C.CNC(=O)OC. The van der Waals surface area contributed by atoms with Crippen molar-refractivity contribution in [3.8, 4) is 28.3 Å². The number of rotatable bonds is 10. The number of benzene rings is 2. The van der Waals surface area contributed by atoms with Crippen molar-refractivity contribution < 1.29 is 32.8 Å². The molecule has 57 heavy (non-hydrogen) atoms. The van der Waals surface area contributed by atoms with Crippen molar-refractivity contribution in [1.82, 2.24) is 29.7 Å². The quantitative estimate of drug-likeness (QED) is 0.135. The Hall–Kier alpha value is -4.73. The van der Waals surface area contributed by atoms with Gasteiger partial charge in [-0.15, -0.1) is 11.3 Å². The molecule has 2 aromatic carbocycles. The number of amides is 2. The highest BCUT2D eigenvalue weighted by Crippen LogP contribution is 2.47. The highest BCUT2D eigenvalue weighted by molar-refractivity contribution is 7.11. The largest absolute Gasteiger partial charge is 0.494 e. The van der Waals surface area contributed by atoms with Crippen LogP contribution in [0.3, 0.4) is 0 Å². The fourth-order valence-corrected chi connectivity index (χ4v) is 7.66. The number of methoxy groups -OCH3 is 1. The van der Waals surface area contributed by atoms with Gasteiger partial charge in [0.2, 0.25) is 12.1 Å². The molecule has 1 atom stereocenters. The number of hydrogen-bond acceptors (Lipinski definition) is 9. The second kappa shape index (κ2) is 17.4. The summed E-state index contributed by atoms with van der Waals surface area (Å²) in [6.07, 6.45) is 4.74. The number of imidazole rings is 1. The Kier molecular flexibility index (Phi) is 13.3. The van der Waals surface area contributed by atoms with E-state index in [0.717, 1.165) is 44.8 Å². The Morgan fingerprint density at radius 1 is 1.09 bits per heavy atom. The maximum Gasteiger partial charge on any atom is 0.494 e. The number of fused-ring (bicyclic) bond motifs is 5. The molecule has 1 saturated heterocycles. The first-order valence-corrected chi connectivity index (χ1v) is 19.9. The number of aromatic amines is 1. The van der Waals surface area contributed by atoms with Gasteiger partial charge >= 0.3 is 13.2 Å². The highest BCUT2D eigenvalue weighted by Gasteiger charge is 2.51. The zero-order valence-corrected chi connectivity index (χ0v) is 34.7. The number of ether oxygens (including phenoxy) is 2. The van der Waals surface area contributed by atoms with E-state index in [1.54, 1.807) is 17.5 Å². The lowest BCUT2D eigenvalue weighted by Gasteiger charge is -2.32. The fourth-order valence-electron chi connectivity index (χ4n) is 6.78. The van der Waals surface area contributed by atoms with Crippen molar-refractivity contribution in [2.24, 2.45) is 5.92 Å². The van der Waals surface area contributed by atoms with Crippen LogP contribution in [0.4, 0.5) is 9.18 Å². The zero-order chi connectivity index (χ0) is 40.5. The molecule has 2 aliphatic heterocycles. The molecular weight excluding hydrogens is 746 g/mol. The molecule has 2 N–H and O–H groups in total. The summed E-state index contributed by atoms with van der Waals surface area (Å²) in [7, 11) is 2.31. The van der Waals surface area contributed by atoms with E-state index >= 15 is 4.39 Å². The second-order valence-corrected chi connectivity index (χ2v) is 16.7. The number of aromatic nitrogens is 4. The van der Waals surface area contributed by atoms with Crippen molar-refractivity contribution >= 4 is 46.8 Å². The van der Waals surface area contributed by atoms with E-state index in [1.165, 1.54) is 20.2 Å².